The summed E-state index contributed by atoms with van der Waals surface area (Å²) in [5, 5.41) is 18.1. The second-order valence-corrected chi connectivity index (χ2v) is 11.4. The van der Waals surface area contributed by atoms with Crippen LogP contribution in [0.15, 0.2) is 70.5 Å². The number of benzene rings is 2. The van der Waals surface area contributed by atoms with Gasteiger partial charge >= 0.3 is 5.97 Å². The van der Waals surface area contributed by atoms with Crippen LogP contribution in [0.4, 0.5) is 5.00 Å². The molecule has 0 saturated carbocycles. The number of amides is 1. The molecule has 0 saturated heterocycles. The summed E-state index contributed by atoms with van der Waals surface area (Å²) < 4.78 is 8.56. The predicted molar refractivity (Wildman–Crippen MR) is 156 cm³/mol. The topological polar surface area (TPSA) is 86.1 Å². The Morgan fingerprint density at radius 1 is 1.00 bits per heavy atom. The van der Waals surface area contributed by atoms with E-state index in [0.29, 0.717) is 15.7 Å². The maximum Gasteiger partial charge on any atom is 0.341 e. The van der Waals surface area contributed by atoms with Gasteiger partial charge in [-0.3, -0.25) is 9.36 Å². The van der Waals surface area contributed by atoms with Gasteiger partial charge < -0.3 is 10.1 Å². The molecule has 0 aliphatic carbocycles. The number of rotatable bonds is 9. The molecule has 194 valence electrons. The van der Waals surface area contributed by atoms with E-state index in [1.54, 1.807) is 18.3 Å². The maximum absolute atomic E-state index is 13.0. The maximum atomic E-state index is 13.0. The number of hydrogen-bond donors (Lipinski definition) is 1. The number of fused-ring (bicyclic) bond motifs is 1. The molecular formula is C28H26N4O3S3. The van der Waals surface area contributed by atoms with Crippen molar-refractivity contribution < 1.29 is 14.3 Å². The molecular weight excluding hydrogens is 537 g/mol. The first-order valence-corrected chi connectivity index (χ1v) is 14.9. The number of carbonyl (C=O) groups excluding carboxylic acids is 2. The van der Waals surface area contributed by atoms with Crippen molar-refractivity contribution in [3.8, 4) is 22.5 Å². The fraction of sp³-hybridized carbons (Fsp3) is 0.214. The van der Waals surface area contributed by atoms with E-state index in [9.17, 15) is 9.59 Å². The van der Waals surface area contributed by atoms with Crippen LogP contribution in [0.25, 0.3) is 32.6 Å². The lowest BCUT2D eigenvalue weighted by molar-refractivity contribution is -0.113. The lowest BCUT2D eigenvalue weighted by Crippen LogP contribution is -2.17. The van der Waals surface area contributed by atoms with Crippen molar-refractivity contribution in [1.82, 2.24) is 14.8 Å². The Morgan fingerprint density at radius 2 is 1.74 bits per heavy atom. The summed E-state index contributed by atoms with van der Waals surface area (Å²) in [4.78, 5) is 25.8. The first kappa shape index (κ1) is 26.1. The Balaban J connectivity index is 1.36. The Labute approximate surface area is 232 Å². The molecule has 3 heterocycles. The molecule has 38 heavy (non-hydrogen) atoms. The molecule has 0 atom stereocenters. The van der Waals surface area contributed by atoms with Gasteiger partial charge in [0, 0.05) is 38.0 Å². The van der Waals surface area contributed by atoms with Gasteiger partial charge in [-0.1, -0.05) is 60.3 Å². The van der Waals surface area contributed by atoms with Gasteiger partial charge in [0.15, 0.2) is 11.0 Å². The number of aromatic nitrogens is 3. The van der Waals surface area contributed by atoms with E-state index in [2.05, 4.69) is 51.4 Å². The molecule has 5 aromatic rings. The average molecular weight is 563 g/mol. The van der Waals surface area contributed by atoms with Crippen LogP contribution in [0.3, 0.4) is 0 Å². The second kappa shape index (κ2) is 11.5. The molecule has 0 fully saturated rings. The number of esters is 1. The average Bonchev–Trinajstić information content (AvgIpc) is 3.64. The van der Waals surface area contributed by atoms with E-state index in [4.69, 9.17) is 4.74 Å². The Bertz CT molecular complexity index is 1590. The SMILES string of the molecule is CCOC(=O)c1c(-c2ccccc2)csc1NC(=O)CSc1nnc(-c2csc3ccccc23)n1C(C)C. The normalized spacial score (nSPS) is 11.3. The van der Waals surface area contributed by atoms with Crippen molar-refractivity contribution in [2.75, 3.05) is 17.7 Å². The summed E-state index contributed by atoms with van der Waals surface area (Å²) in [5.74, 6) is 0.220. The molecule has 3 aromatic heterocycles. The van der Waals surface area contributed by atoms with Crippen LogP contribution in [0.2, 0.25) is 0 Å². The molecule has 2 aromatic carbocycles. The number of ether oxygens (including phenoxy) is 1. The molecule has 1 N–H and O–H groups in total. The third-order valence-electron chi connectivity index (χ3n) is 5.84. The zero-order valence-corrected chi connectivity index (χ0v) is 23.6. The summed E-state index contributed by atoms with van der Waals surface area (Å²) in [6.07, 6.45) is 0. The van der Waals surface area contributed by atoms with Crippen LogP contribution in [0, 0.1) is 0 Å². The van der Waals surface area contributed by atoms with Gasteiger partial charge in [-0.15, -0.1) is 32.9 Å². The van der Waals surface area contributed by atoms with Gasteiger partial charge in [-0.25, -0.2) is 4.79 Å². The first-order valence-electron chi connectivity index (χ1n) is 12.2. The summed E-state index contributed by atoms with van der Waals surface area (Å²) in [6.45, 7) is 6.17. The fourth-order valence-electron chi connectivity index (χ4n) is 4.15. The van der Waals surface area contributed by atoms with E-state index in [-0.39, 0.29) is 24.3 Å². The monoisotopic (exact) mass is 562 g/mol. The van der Waals surface area contributed by atoms with Crippen LogP contribution in [-0.4, -0.2) is 39.0 Å². The molecule has 10 heteroatoms. The quantitative estimate of drug-likeness (QED) is 0.149. The van der Waals surface area contributed by atoms with Crippen molar-refractivity contribution in [2.24, 2.45) is 0 Å². The number of carbonyl (C=O) groups is 2. The van der Waals surface area contributed by atoms with E-state index in [1.165, 1.54) is 27.8 Å². The summed E-state index contributed by atoms with van der Waals surface area (Å²) in [5.41, 5.74) is 3.04. The molecule has 0 radical (unpaired) electrons. The zero-order chi connectivity index (χ0) is 26.6. The van der Waals surface area contributed by atoms with Crippen molar-refractivity contribution in [3.63, 3.8) is 0 Å². The van der Waals surface area contributed by atoms with Gasteiger partial charge in [0.25, 0.3) is 0 Å². The minimum absolute atomic E-state index is 0.102. The lowest BCUT2D eigenvalue weighted by Gasteiger charge is -2.13. The largest absolute Gasteiger partial charge is 0.462 e. The minimum Gasteiger partial charge on any atom is -0.462 e. The second-order valence-electron chi connectivity index (χ2n) is 8.69. The Morgan fingerprint density at radius 3 is 2.50 bits per heavy atom. The van der Waals surface area contributed by atoms with Crippen molar-refractivity contribution >= 4 is 61.4 Å². The van der Waals surface area contributed by atoms with Gasteiger partial charge in [0.05, 0.1) is 12.4 Å². The van der Waals surface area contributed by atoms with Crippen LogP contribution in [0.5, 0.6) is 0 Å². The Kier molecular flexibility index (Phi) is 7.92. The third-order valence-corrected chi connectivity index (χ3v) is 8.65. The molecule has 7 nitrogen and oxygen atoms in total. The van der Waals surface area contributed by atoms with Crippen molar-refractivity contribution in [3.05, 3.63) is 70.9 Å². The van der Waals surface area contributed by atoms with Gasteiger partial charge in [0.2, 0.25) is 5.91 Å². The number of nitrogens with one attached hydrogen (secondary N) is 1. The summed E-state index contributed by atoms with van der Waals surface area (Å²) in [6, 6.07) is 17.9. The summed E-state index contributed by atoms with van der Waals surface area (Å²) >= 11 is 4.31. The highest BCUT2D eigenvalue weighted by molar-refractivity contribution is 7.99. The minimum atomic E-state index is -0.456. The van der Waals surface area contributed by atoms with Gasteiger partial charge in [0.1, 0.15) is 10.6 Å². The molecule has 5 rings (SSSR count). The highest BCUT2D eigenvalue weighted by atomic mass is 32.2. The van der Waals surface area contributed by atoms with Crippen molar-refractivity contribution in [1.29, 1.82) is 0 Å². The zero-order valence-electron chi connectivity index (χ0n) is 21.1. The van der Waals surface area contributed by atoms with E-state index in [1.807, 2.05) is 47.8 Å². The Hall–Kier alpha value is -3.47. The van der Waals surface area contributed by atoms with Crippen LogP contribution in [0.1, 0.15) is 37.2 Å². The fourth-order valence-corrected chi connectivity index (χ4v) is 6.93. The molecule has 0 bridgehead atoms. The van der Waals surface area contributed by atoms with E-state index < -0.39 is 5.97 Å². The number of hydrogen-bond acceptors (Lipinski definition) is 8. The predicted octanol–water partition coefficient (Wildman–Crippen LogP) is 7.38. The number of thioether (sulfide) groups is 1. The van der Waals surface area contributed by atoms with Gasteiger partial charge in [-0.05, 0) is 32.4 Å². The van der Waals surface area contributed by atoms with Crippen LogP contribution in [-0.2, 0) is 9.53 Å². The van der Waals surface area contributed by atoms with Crippen LogP contribution < -0.4 is 5.32 Å². The standard InChI is InChI=1S/C28H26N4O3S3/c1-4-35-27(34)24-20(18-10-6-5-7-11-18)14-37-26(24)29-23(33)16-38-28-31-30-25(32(28)17(2)3)21-15-36-22-13-9-8-12-19(21)22/h5-15,17H,4,16H2,1-3H3,(H,29,33). The highest BCUT2D eigenvalue weighted by Gasteiger charge is 2.24. The molecule has 0 unspecified atom stereocenters. The first-order chi connectivity index (χ1) is 18.5. The number of thiophene rings is 2. The molecule has 1 amide bonds. The van der Waals surface area contributed by atoms with E-state index >= 15 is 0 Å². The molecule has 0 aliphatic rings. The summed E-state index contributed by atoms with van der Waals surface area (Å²) in [7, 11) is 0. The molecule has 0 aliphatic heterocycles. The molecule has 0 spiro atoms. The smallest absolute Gasteiger partial charge is 0.341 e. The highest BCUT2D eigenvalue weighted by Crippen LogP contribution is 2.38. The van der Waals surface area contributed by atoms with Gasteiger partial charge in [-0.2, -0.15) is 0 Å². The number of anilines is 1. The lowest BCUT2D eigenvalue weighted by atomic mass is 10.0. The number of nitrogens with zero attached hydrogens (tertiary/aromatic N) is 3. The van der Waals surface area contributed by atoms with Crippen molar-refractivity contribution in [2.45, 2.75) is 32.0 Å². The third kappa shape index (κ3) is 5.24. The van der Waals surface area contributed by atoms with E-state index in [0.717, 1.165) is 27.9 Å². The van der Waals surface area contributed by atoms with Crippen LogP contribution >= 0.6 is 34.4 Å².